The smallest absolute Gasteiger partial charge is 0.307 e. The molecule has 1 aromatic rings. The minimum absolute atomic E-state index is 0.00820. The van der Waals surface area contributed by atoms with Crippen molar-refractivity contribution in [1.82, 2.24) is 0 Å². The predicted molar refractivity (Wildman–Crippen MR) is 75.3 cm³/mol. The van der Waals surface area contributed by atoms with Crippen LogP contribution in [-0.4, -0.2) is 11.6 Å². The lowest BCUT2D eigenvalue weighted by atomic mass is 9.97. The maximum atomic E-state index is 11.7. The van der Waals surface area contributed by atoms with Crippen LogP contribution in [0.1, 0.15) is 38.7 Å². The molecule has 0 aliphatic carbocycles. The fourth-order valence-electron chi connectivity index (χ4n) is 1.52. The van der Waals surface area contributed by atoms with Gasteiger partial charge in [-0.2, -0.15) is 5.26 Å². The monoisotopic (exact) mass is 299 g/mol. The van der Waals surface area contributed by atoms with Crippen molar-refractivity contribution >= 4 is 29.2 Å². The number of carbonyl (C=O) groups is 1. The fourth-order valence-corrected chi connectivity index (χ4v) is 1.82. The summed E-state index contributed by atoms with van der Waals surface area (Å²) in [4.78, 5) is 11.7. The highest BCUT2D eigenvalue weighted by molar-refractivity contribution is 6.42. The van der Waals surface area contributed by atoms with Crippen molar-refractivity contribution in [3.8, 4) is 6.07 Å². The molecule has 5 heteroatoms. The Morgan fingerprint density at radius 3 is 2.47 bits per heavy atom. The molecule has 19 heavy (non-hydrogen) atoms. The molecule has 0 fully saturated rings. The second kappa shape index (κ2) is 6.27. The molecule has 1 atom stereocenters. The van der Waals surface area contributed by atoms with Gasteiger partial charge in [0.1, 0.15) is 5.60 Å². The van der Waals surface area contributed by atoms with Crippen molar-refractivity contribution in [3.63, 3.8) is 0 Å². The normalized spacial score (nSPS) is 12.6. The van der Waals surface area contributed by atoms with Crippen LogP contribution >= 0.6 is 23.2 Å². The minimum atomic E-state index is -0.593. The molecule has 0 spiro atoms. The lowest BCUT2D eigenvalue weighted by molar-refractivity contribution is -0.154. The number of halogens is 2. The van der Waals surface area contributed by atoms with Gasteiger partial charge >= 0.3 is 5.97 Å². The third-order valence-electron chi connectivity index (χ3n) is 2.29. The summed E-state index contributed by atoms with van der Waals surface area (Å²) in [6.45, 7) is 5.35. The van der Waals surface area contributed by atoms with E-state index in [1.165, 1.54) is 0 Å². The Balaban J connectivity index is 2.82. The molecular formula is C14H15Cl2NO2. The van der Waals surface area contributed by atoms with E-state index in [4.69, 9.17) is 33.2 Å². The van der Waals surface area contributed by atoms with Gasteiger partial charge < -0.3 is 4.74 Å². The van der Waals surface area contributed by atoms with Gasteiger partial charge in [0.25, 0.3) is 0 Å². The van der Waals surface area contributed by atoms with Crippen molar-refractivity contribution in [2.45, 2.75) is 38.7 Å². The van der Waals surface area contributed by atoms with Gasteiger partial charge in [0.15, 0.2) is 0 Å². The number of esters is 1. The molecule has 0 N–H and O–H groups in total. The number of nitriles is 1. The maximum Gasteiger partial charge on any atom is 0.307 e. The number of hydrogen-bond donors (Lipinski definition) is 0. The molecular weight excluding hydrogens is 285 g/mol. The lowest BCUT2D eigenvalue weighted by Crippen LogP contribution is -2.24. The van der Waals surface area contributed by atoms with Crippen molar-refractivity contribution in [2.75, 3.05) is 0 Å². The molecule has 102 valence electrons. The summed E-state index contributed by atoms with van der Waals surface area (Å²) in [6, 6.07) is 6.98. The zero-order chi connectivity index (χ0) is 14.6. The average Bonchev–Trinajstić information content (AvgIpc) is 2.27. The number of benzene rings is 1. The summed E-state index contributed by atoms with van der Waals surface area (Å²) < 4.78 is 5.20. The summed E-state index contributed by atoms with van der Waals surface area (Å²) >= 11 is 11.7. The van der Waals surface area contributed by atoms with Crippen LogP contribution in [-0.2, 0) is 9.53 Å². The highest BCUT2D eigenvalue weighted by atomic mass is 35.5. The Morgan fingerprint density at radius 2 is 2.00 bits per heavy atom. The van der Waals surface area contributed by atoms with Gasteiger partial charge in [0, 0.05) is 0 Å². The number of rotatable bonds is 3. The SMILES string of the molecule is CC(C)(C)OC(=O)CC(C#N)c1ccc(Cl)c(Cl)c1. The van der Waals surface area contributed by atoms with Crippen molar-refractivity contribution in [1.29, 1.82) is 5.26 Å². The molecule has 0 saturated carbocycles. The molecule has 0 aromatic heterocycles. The molecule has 0 bridgehead atoms. The second-order valence-electron chi connectivity index (χ2n) is 5.15. The van der Waals surface area contributed by atoms with Gasteiger partial charge in [-0.1, -0.05) is 29.3 Å². The Bertz CT molecular complexity index is 515. The van der Waals surface area contributed by atoms with Crippen LogP contribution in [0.5, 0.6) is 0 Å². The zero-order valence-electron chi connectivity index (χ0n) is 11.0. The first-order chi connectivity index (χ1) is 8.73. The maximum absolute atomic E-state index is 11.7. The molecule has 1 aromatic carbocycles. The summed E-state index contributed by atoms with van der Waals surface area (Å²) in [7, 11) is 0. The first-order valence-corrected chi connectivity index (χ1v) is 6.55. The van der Waals surface area contributed by atoms with E-state index in [0.29, 0.717) is 15.6 Å². The van der Waals surface area contributed by atoms with Gasteiger partial charge in [-0.25, -0.2) is 0 Å². The quantitative estimate of drug-likeness (QED) is 0.780. The first-order valence-electron chi connectivity index (χ1n) is 5.79. The first kappa shape index (κ1) is 15.8. The van der Waals surface area contributed by atoms with Crippen LogP contribution in [0.4, 0.5) is 0 Å². The van der Waals surface area contributed by atoms with E-state index in [-0.39, 0.29) is 6.42 Å². The number of nitrogens with zero attached hydrogens (tertiary/aromatic N) is 1. The molecule has 0 aliphatic rings. The Kier molecular flexibility index (Phi) is 5.22. The van der Waals surface area contributed by atoms with Crippen LogP contribution in [0, 0.1) is 11.3 Å². The fraction of sp³-hybridized carbons (Fsp3) is 0.429. The molecule has 0 heterocycles. The van der Waals surface area contributed by atoms with E-state index in [0.717, 1.165) is 0 Å². The summed E-state index contributed by atoms with van der Waals surface area (Å²) in [5, 5.41) is 9.93. The molecule has 0 saturated heterocycles. The van der Waals surface area contributed by atoms with Crippen LogP contribution in [0.3, 0.4) is 0 Å². The summed E-state index contributed by atoms with van der Waals surface area (Å²) in [5.41, 5.74) is 0.0945. The summed E-state index contributed by atoms with van der Waals surface area (Å²) in [6.07, 6.45) is -0.00820. The Hall–Kier alpha value is -1.24. The van der Waals surface area contributed by atoms with Crippen molar-refractivity contribution in [3.05, 3.63) is 33.8 Å². The van der Waals surface area contributed by atoms with Gasteiger partial charge in [-0.3, -0.25) is 4.79 Å². The van der Waals surface area contributed by atoms with E-state index in [1.54, 1.807) is 39.0 Å². The van der Waals surface area contributed by atoms with E-state index in [1.807, 2.05) is 0 Å². The van der Waals surface area contributed by atoms with Crippen LogP contribution in [0.2, 0.25) is 10.0 Å². The predicted octanol–water partition coefficient (Wildman–Crippen LogP) is 4.33. The van der Waals surface area contributed by atoms with Crippen LogP contribution < -0.4 is 0 Å². The lowest BCUT2D eigenvalue weighted by Gasteiger charge is -2.20. The van der Waals surface area contributed by atoms with Crippen LogP contribution in [0.25, 0.3) is 0 Å². The molecule has 3 nitrogen and oxygen atoms in total. The zero-order valence-corrected chi connectivity index (χ0v) is 12.5. The highest BCUT2D eigenvalue weighted by Gasteiger charge is 2.21. The third kappa shape index (κ3) is 5.10. The van der Waals surface area contributed by atoms with Crippen molar-refractivity contribution in [2.24, 2.45) is 0 Å². The largest absolute Gasteiger partial charge is 0.460 e. The van der Waals surface area contributed by atoms with E-state index < -0.39 is 17.5 Å². The molecule has 1 unspecified atom stereocenters. The standard InChI is InChI=1S/C14H15Cl2NO2/c1-14(2,3)19-13(18)7-10(8-17)9-4-5-11(15)12(16)6-9/h4-6,10H,7H2,1-3H3. The Labute approximate surface area is 123 Å². The van der Waals surface area contributed by atoms with Gasteiger partial charge in [0.2, 0.25) is 0 Å². The molecule has 1 rings (SSSR count). The third-order valence-corrected chi connectivity index (χ3v) is 3.03. The average molecular weight is 300 g/mol. The molecule has 0 radical (unpaired) electrons. The second-order valence-corrected chi connectivity index (χ2v) is 5.96. The van der Waals surface area contributed by atoms with Crippen LogP contribution in [0.15, 0.2) is 18.2 Å². The number of carbonyl (C=O) groups excluding carboxylic acids is 1. The van der Waals surface area contributed by atoms with Gasteiger partial charge in [-0.05, 0) is 38.5 Å². The molecule has 0 amide bonds. The van der Waals surface area contributed by atoms with E-state index in [9.17, 15) is 4.79 Å². The minimum Gasteiger partial charge on any atom is -0.460 e. The molecule has 0 aliphatic heterocycles. The Morgan fingerprint density at radius 1 is 1.37 bits per heavy atom. The van der Waals surface area contributed by atoms with Crippen molar-refractivity contribution < 1.29 is 9.53 Å². The topological polar surface area (TPSA) is 50.1 Å². The van der Waals surface area contributed by atoms with Gasteiger partial charge in [0.05, 0.1) is 28.5 Å². The van der Waals surface area contributed by atoms with Gasteiger partial charge in [-0.15, -0.1) is 0 Å². The highest BCUT2D eigenvalue weighted by Crippen LogP contribution is 2.28. The number of ether oxygens (including phenoxy) is 1. The van der Waals surface area contributed by atoms with E-state index in [2.05, 4.69) is 6.07 Å². The summed E-state index contributed by atoms with van der Waals surface area (Å²) in [5.74, 6) is -1.00. The number of hydrogen-bond acceptors (Lipinski definition) is 3. The van der Waals surface area contributed by atoms with E-state index >= 15 is 0 Å².